The topological polar surface area (TPSA) is 235 Å². The number of nitrogens with two attached hydrogens (primary N) is 3. The predicted octanol–water partition coefficient (Wildman–Crippen LogP) is -3.62. The number of aliphatic carboxylic acids is 1. The number of imidazole rings is 1. The number of hydrogen-bond acceptors (Lipinski definition) is 7. The number of guanidine groups is 1. The van der Waals surface area contributed by atoms with Crippen molar-refractivity contribution in [1.29, 1.82) is 0 Å². The Bertz CT molecular complexity index is 674. The highest BCUT2D eigenvalue weighted by molar-refractivity contribution is 5.91. The van der Waals surface area contributed by atoms with E-state index in [1.54, 1.807) is 0 Å². The molecule has 0 fully saturated rings. The lowest BCUT2D eigenvalue weighted by atomic mass is 10.1. The molecule has 0 radical (unpaired) electrons. The molecule has 0 spiro atoms. The molecule has 13 heteroatoms. The summed E-state index contributed by atoms with van der Waals surface area (Å²) in [6, 6.07) is -3.53. The van der Waals surface area contributed by atoms with Gasteiger partial charge >= 0.3 is 5.97 Å². The molecule has 1 aromatic rings. The molecule has 13 nitrogen and oxygen atoms in total. The fourth-order valence-electron chi connectivity index (χ4n) is 2.22. The molecule has 28 heavy (non-hydrogen) atoms. The van der Waals surface area contributed by atoms with E-state index in [0.29, 0.717) is 12.1 Å². The highest BCUT2D eigenvalue weighted by atomic mass is 16.4. The van der Waals surface area contributed by atoms with E-state index in [1.165, 1.54) is 12.5 Å². The third-order valence-corrected chi connectivity index (χ3v) is 3.71. The molecule has 0 aliphatic heterocycles. The molecule has 0 aliphatic carbocycles. The zero-order valence-corrected chi connectivity index (χ0v) is 15.2. The molecule has 1 aromatic heterocycles. The average Bonchev–Trinajstić information content (AvgIpc) is 3.15. The molecular formula is C15H26N8O5. The summed E-state index contributed by atoms with van der Waals surface area (Å²) in [5, 5.41) is 23.1. The fraction of sp³-hybridized carbons (Fsp3) is 0.533. The van der Waals surface area contributed by atoms with Crippen LogP contribution in [0.15, 0.2) is 17.5 Å². The quantitative estimate of drug-likeness (QED) is 0.0983. The number of carbonyl (C=O) groups excluding carboxylic acids is 2. The second kappa shape index (κ2) is 11.5. The first-order valence-electron chi connectivity index (χ1n) is 8.47. The van der Waals surface area contributed by atoms with Crippen LogP contribution in [0.4, 0.5) is 0 Å². The van der Waals surface area contributed by atoms with Crippen molar-refractivity contribution in [1.82, 2.24) is 20.6 Å². The van der Waals surface area contributed by atoms with Crippen LogP contribution in [0, 0.1) is 0 Å². The van der Waals surface area contributed by atoms with Crippen LogP contribution in [0.1, 0.15) is 18.5 Å². The Balaban J connectivity index is 2.80. The molecule has 3 atom stereocenters. The van der Waals surface area contributed by atoms with Gasteiger partial charge in [0.05, 0.1) is 12.9 Å². The number of carboxylic acids is 1. The van der Waals surface area contributed by atoms with Gasteiger partial charge in [0.1, 0.15) is 18.1 Å². The number of H-pyrrole nitrogens is 1. The van der Waals surface area contributed by atoms with Crippen molar-refractivity contribution in [3.05, 3.63) is 18.2 Å². The Kier molecular flexibility index (Phi) is 9.39. The van der Waals surface area contributed by atoms with Gasteiger partial charge in [-0.1, -0.05) is 0 Å². The first kappa shape index (κ1) is 22.9. The Morgan fingerprint density at radius 2 is 1.89 bits per heavy atom. The van der Waals surface area contributed by atoms with Crippen LogP contribution in [0.25, 0.3) is 0 Å². The van der Waals surface area contributed by atoms with Gasteiger partial charge < -0.3 is 43.0 Å². The molecule has 156 valence electrons. The third-order valence-electron chi connectivity index (χ3n) is 3.71. The summed E-state index contributed by atoms with van der Waals surface area (Å²) in [4.78, 5) is 46.3. The van der Waals surface area contributed by atoms with Gasteiger partial charge in [-0.2, -0.15) is 0 Å². The molecular weight excluding hydrogens is 372 g/mol. The number of aromatic nitrogens is 2. The van der Waals surface area contributed by atoms with Crippen LogP contribution in [-0.2, 0) is 20.8 Å². The summed E-state index contributed by atoms with van der Waals surface area (Å²) in [7, 11) is 0. The molecule has 0 saturated carbocycles. The Morgan fingerprint density at radius 1 is 1.21 bits per heavy atom. The van der Waals surface area contributed by atoms with E-state index in [-0.39, 0.29) is 25.3 Å². The highest BCUT2D eigenvalue weighted by Gasteiger charge is 2.28. The maximum atomic E-state index is 12.6. The monoisotopic (exact) mass is 398 g/mol. The number of amides is 2. The minimum atomic E-state index is -1.25. The Hall–Kier alpha value is -3.19. The summed E-state index contributed by atoms with van der Waals surface area (Å²) in [6.07, 6.45) is 3.27. The summed E-state index contributed by atoms with van der Waals surface area (Å²) in [6.45, 7) is -0.393. The standard InChI is InChI=1S/C15H26N8O5/c16-9(6-24)12(25)22-10(2-1-3-20-15(17)18)13(26)23-11(14(27)28)4-8-5-19-7-21-8/h5,7,9-11,24H,1-4,6,16H2,(H,19,21)(H,22,25)(H,23,26)(H,27,28)(H4,17,18,20). The first-order chi connectivity index (χ1) is 13.2. The lowest BCUT2D eigenvalue weighted by molar-refractivity contribution is -0.142. The second-order valence-electron chi connectivity index (χ2n) is 5.98. The number of aliphatic hydroxyl groups is 1. The van der Waals surface area contributed by atoms with E-state index in [0.717, 1.165) is 0 Å². The number of carboxylic acid groups (broad SMARTS) is 1. The van der Waals surface area contributed by atoms with E-state index >= 15 is 0 Å². The molecule has 2 amide bonds. The zero-order valence-electron chi connectivity index (χ0n) is 15.2. The van der Waals surface area contributed by atoms with Crippen LogP contribution < -0.4 is 27.8 Å². The number of rotatable bonds is 12. The van der Waals surface area contributed by atoms with Crippen LogP contribution in [0.5, 0.6) is 0 Å². The zero-order chi connectivity index (χ0) is 21.1. The Labute approximate surface area is 160 Å². The number of aliphatic imine (C=N–C) groups is 1. The number of aliphatic hydroxyl groups excluding tert-OH is 1. The highest BCUT2D eigenvalue weighted by Crippen LogP contribution is 2.03. The van der Waals surface area contributed by atoms with E-state index < -0.39 is 42.5 Å². The van der Waals surface area contributed by atoms with Gasteiger partial charge in [0.2, 0.25) is 11.8 Å². The lowest BCUT2D eigenvalue weighted by Gasteiger charge is -2.22. The van der Waals surface area contributed by atoms with Crippen molar-refractivity contribution in [2.24, 2.45) is 22.2 Å². The van der Waals surface area contributed by atoms with Gasteiger partial charge in [0.15, 0.2) is 5.96 Å². The number of hydrogen-bond donors (Lipinski definition) is 8. The number of nitrogens with one attached hydrogen (secondary N) is 3. The Morgan fingerprint density at radius 3 is 2.43 bits per heavy atom. The van der Waals surface area contributed by atoms with Crippen LogP contribution in [0.2, 0.25) is 0 Å². The van der Waals surface area contributed by atoms with Gasteiger partial charge in [0.25, 0.3) is 0 Å². The summed E-state index contributed by atoms with van der Waals surface area (Å²) >= 11 is 0. The average molecular weight is 398 g/mol. The summed E-state index contributed by atoms with van der Waals surface area (Å²) in [5.41, 5.74) is 16.4. The van der Waals surface area contributed by atoms with Crippen molar-refractivity contribution < 1.29 is 24.6 Å². The largest absolute Gasteiger partial charge is 0.480 e. The van der Waals surface area contributed by atoms with E-state index in [1.807, 2.05) is 0 Å². The van der Waals surface area contributed by atoms with Crippen molar-refractivity contribution in [3.8, 4) is 0 Å². The first-order valence-corrected chi connectivity index (χ1v) is 8.47. The maximum Gasteiger partial charge on any atom is 0.326 e. The summed E-state index contributed by atoms with van der Waals surface area (Å²) < 4.78 is 0. The van der Waals surface area contributed by atoms with E-state index in [4.69, 9.17) is 22.3 Å². The van der Waals surface area contributed by atoms with Gasteiger partial charge in [-0.25, -0.2) is 9.78 Å². The van der Waals surface area contributed by atoms with Gasteiger partial charge in [0, 0.05) is 24.9 Å². The molecule has 1 rings (SSSR count). The summed E-state index contributed by atoms with van der Waals surface area (Å²) in [5.74, 6) is -2.82. The van der Waals surface area contributed by atoms with E-state index in [2.05, 4.69) is 25.6 Å². The van der Waals surface area contributed by atoms with Crippen LogP contribution in [0.3, 0.4) is 0 Å². The maximum absolute atomic E-state index is 12.6. The SMILES string of the molecule is NC(N)=NCCCC(NC(=O)C(N)CO)C(=O)NC(Cc1cnc[nH]1)C(=O)O. The molecule has 0 aromatic carbocycles. The number of aromatic amines is 1. The van der Waals surface area contributed by atoms with Crippen LogP contribution >= 0.6 is 0 Å². The van der Waals surface area contributed by atoms with Gasteiger partial charge in [-0.05, 0) is 12.8 Å². The molecule has 3 unspecified atom stereocenters. The van der Waals surface area contributed by atoms with Crippen molar-refractivity contribution >= 4 is 23.7 Å². The van der Waals surface area contributed by atoms with E-state index in [9.17, 15) is 19.5 Å². The van der Waals surface area contributed by atoms with Gasteiger partial charge in [-0.15, -0.1) is 0 Å². The minimum Gasteiger partial charge on any atom is -0.480 e. The normalized spacial score (nSPS) is 13.8. The minimum absolute atomic E-state index is 0.0219. The molecule has 1 heterocycles. The van der Waals surface area contributed by atoms with Gasteiger partial charge in [-0.3, -0.25) is 14.6 Å². The molecule has 0 bridgehead atoms. The van der Waals surface area contributed by atoms with Crippen molar-refractivity contribution in [3.63, 3.8) is 0 Å². The van der Waals surface area contributed by atoms with Crippen molar-refractivity contribution in [2.45, 2.75) is 37.4 Å². The number of nitrogens with zero attached hydrogens (tertiary/aromatic N) is 2. The second-order valence-corrected chi connectivity index (χ2v) is 5.98. The van der Waals surface area contributed by atoms with Crippen LogP contribution in [-0.4, -0.2) is 75.2 Å². The molecule has 0 saturated heterocycles. The predicted molar refractivity (Wildman–Crippen MR) is 98.8 cm³/mol. The third kappa shape index (κ3) is 8.01. The lowest BCUT2D eigenvalue weighted by Crippen LogP contribution is -2.55. The van der Waals surface area contributed by atoms with Crippen molar-refractivity contribution in [2.75, 3.05) is 13.2 Å². The molecule has 0 aliphatic rings. The fourth-order valence-corrected chi connectivity index (χ4v) is 2.22. The smallest absolute Gasteiger partial charge is 0.326 e. The number of carbonyl (C=O) groups is 3. The molecule has 11 N–H and O–H groups in total.